The van der Waals surface area contributed by atoms with Gasteiger partial charge in [-0.25, -0.2) is 9.78 Å². The van der Waals surface area contributed by atoms with Crippen LogP contribution in [0, 0.1) is 0 Å². The van der Waals surface area contributed by atoms with Crippen LogP contribution < -0.4 is 16.8 Å². The number of nitrogens with one attached hydrogen (secondary N) is 1. The number of hydrogen-bond acceptors (Lipinski definition) is 5. The summed E-state index contributed by atoms with van der Waals surface area (Å²) in [5.41, 5.74) is 9.90. The lowest BCUT2D eigenvalue weighted by Gasteiger charge is -2.23. The molecule has 0 aliphatic rings. The maximum Gasteiger partial charge on any atom is 0.337 e. The van der Waals surface area contributed by atoms with Crippen molar-refractivity contribution in [2.75, 3.05) is 11.1 Å². The van der Waals surface area contributed by atoms with E-state index in [-0.39, 0.29) is 17.1 Å². The number of carbonyl (C=O) groups excluding carboxylic acids is 1. The van der Waals surface area contributed by atoms with Gasteiger partial charge in [-0.2, -0.15) is 0 Å². The number of pyridine rings is 1. The Bertz CT molecular complexity index is 471. The predicted octanol–water partition coefficient (Wildman–Crippen LogP) is 0.0378. The van der Waals surface area contributed by atoms with Gasteiger partial charge < -0.3 is 21.9 Å². The van der Waals surface area contributed by atoms with Gasteiger partial charge in [0.1, 0.15) is 11.4 Å². The van der Waals surface area contributed by atoms with Crippen molar-refractivity contribution >= 4 is 23.4 Å². The van der Waals surface area contributed by atoms with Gasteiger partial charge in [0.25, 0.3) is 0 Å². The van der Waals surface area contributed by atoms with E-state index in [0.717, 1.165) is 6.20 Å². The molecular formula is C10H14N4O3. The first-order valence-corrected chi connectivity index (χ1v) is 4.81. The Kier molecular flexibility index (Phi) is 3.21. The second-order valence-corrected chi connectivity index (χ2v) is 4.08. The summed E-state index contributed by atoms with van der Waals surface area (Å²) in [5, 5.41) is 11.5. The Labute approximate surface area is 97.8 Å². The number of anilines is 2. The van der Waals surface area contributed by atoms with E-state index in [1.807, 2.05) is 0 Å². The van der Waals surface area contributed by atoms with Crippen LogP contribution in [0.25, 0.3) is 0 Å². The van der Waals surface area contributed by atoms with Crippen molar-refractivity contribution < 1.29 is 14.7 Å². The van der Waals surface area contributed by atoms with Crippen molar-refractivity contribution in [2.24, 2.45) is 5.73 Å². The molecule has 17 heavy (non-hydrogen) atoms. The highest BCUT2D eigenvalue weighted by molar-refractivity contribution is 5.90. The maximum atomic E-state index is 11.1. The number of aromatic carboxylic acids is 1. The second kappa shape index (κ2) is 4.28. The fraction of sp³-hybridized carbons (Fsp3) is 0.300. The van der Waals surface area contributed by atoms with E-state index in [1.165, 1.54) is 6.07 Å². The molecule has 1 heterocycles. The van der Waals surface area contributed by atoms with Gasteiger partial charge in [-0.1, -0.05) is 0 Å². The number of primary amides is 1. The number of carboxylic acids is 1. The van der Waals surface area contributed by atoms with Crippen LogP contribution >= 0.6 is 0 Å². The van der Waals surface area contributed by atoms with Crippen molar-refractivity contribution in [1.29, 1.82) is 0 Å². The van der Waals surface area contributed by atoms with E-state index in [4.69, 9.17) is 16.6 Å². The lowest BCUT2D eigenvalue weighted by atomic mass is 10.1. The van der Waals surface area contributed by atoms with E-state index in [2.05, 4.69) is 10.3 Å². The summed E-state index contributed by atoms with van der Waals surface area (Å²) >= 11 is 0. The average molecular weight is 238 g/mol. The Hall–Kier alpha value is -2.31. The van der Waals surface area contributed by atoms with Crippen LogP contribution in [0.4, 0.5) is 11.5 Å². The third kappa shape index (κ3) is 2.83. The first-order valence-electron chi connectivity index (χ1n) is 4.81. The zero-order valence-corrected chi connectivity index (χ0v) is 9.52. The summed E-state index contributed by atoms with van der Waals surface area (Å²) in [6.45, 7) is 3.14. The van der Waals surface area contributed by atoms with Gasteiger partial charge in [0, 0.05) is 6.20 Å². The first kappa shape index (κ1) is 12.8. The fourth-order valence-electron chi connectivity index (χ4n) is 1.06. The lowest BCUT2D eigenvalue weighted by Crippen LogP contribution is -2.45. The minimum Gasteiger partial charge on any atom is -0.478 e. The molecule has 7 heteroatoms. The zero-order chi connectivity index (χ0) is 13.2. The van der Waals surface area contributed by atoms with Crippen LogP contribution in [-0.4, -0.2) is 27.5 Å². The number of amides is 1. The summed E-state index contributed by atoms with van der Waals surface area (Å²) in [7, 11) is 0. The number of nitrogens with zero attached hydrogens (tertiary/aromatic N) is 1. The molecule has 0 saturated carbocycles. The minimum absolute atomic E-state index is 0.0232. The molecule has 0 fully saturated rings. The topological polar surface area (TPSA) is 131 Å². The molecule has 1 aromatic heterocycles. The molecule has 1 amide bonds. The molecule has 0 atom stereocenters. The quantitative estimate of drug-likeness (QED) is 0.585. The fourth-order valence-corrected chi connectivity index (χ4v) is 1.06. The van der Waals surface area contributed by atoms with E-state index in [1.54, 1.807) is 13.8 Å². The van der Waals surface area contributed by atoms with Crippen LogP contribution in [0.5, 0.6) is 0 Å². The van der Waals surface area contributed by atoms with Gasteiger partial charge >= 0.3 is 5.97 Å². The van der Waals surface area contributed by atoms with Gasteiger partial charge in [0.05, 0.1) is 11.3 Å². The molecule has 0 spiro atoms. The SMILES string of the molecule is CC(C)(Nc1ncc(C(=O)O)cc1N)C(N)=O. The molecule has 0 unspecified atom stereocenters. The smallest absolute Gasteiger partial charge is 0.337 e. The molecule has 0 radical (unpaired) electrons. The summed E-state index contributed by atoms with van der Waals surface area (Å²) in [5.74, 6) is -1.47. The molecule has 0 aliphatic heterocycles. The van der Waals surface area contributed by atoms with Gasteiger partial charge in [0.15, 0.2) is 0 Å². The van der Waals surface area contributed by atoms with Crippen LogP contribution in [0.2, 0.25) is 0 Å². The highest BCUT2D eigenvalue weighted by Crippen LogP contribution is 2.20. The second-order valence-electron chi connectivity index (χ2n) is 4.08. The first-order chi connectivity index (χ1) is 7.74. The highest BCUT2D eigenvalue weighted by Gasteiger charge is 2.25. The number of rotatable bonds is 4. The number of hydrogen-bond donors (Lipinski definition) is 4. The third-order valence-electron chi connectivity index (χ3n) is 2.21. The molecule has 7 nitrogen and oxygen atoms in total. The lowest BCUT2D eigenvalue weighted by molar-refractivity contribution is -0.121. The van der Waals surface area contributed by atoms with Gasteiger partial charge in [0.2, 0.25) is 5.91 Å². The average Bonchev–Trinajstić information content (AvgIpc) is 2.20. The van der Waals surface area contributed by atoms with E-state index < -0.39 is 17.4 Å². The number of carbonyl (C=O) groups is 2. The van der Waals surface area contributed by atoms with Crippen molar-refractivity contribution in [2.45, 2.75) is 19.4 Å². The Morgan fingerprint density at radius 3 is 2.47 bits per heavy atom. The summed E-state index contributed by atoms with van der Waals surface area (Å²) < 4.78 is 0. The molecule has 6 N–H and O–H groups in total. The van der Waals surface area contributed by atoms with E-state index in [9.17, 15) is 9.59 Å². The van der Waals surface area contributed by atoms with Crippen molar-refractivity contribution in [3.8, 4) is 0 Å². The molecule has 0 aliphatic carbocycles. The van der Waals surface area contributed by atoms with Gasteiger partial charge in [-0.3, -0.25) is 4.79 Å². The van der Waals surface area contributed by atoms with Crippen molar-refractivity contribution in [3.05, 3.63) is 17.8 Å². The van der Waals surface area contributed by atoms with Crippen molar-refractivity contribution in [3.63, 3.8) is 0 Å². The molecular weight excluding hydrogens is 224 g/mol. The largest absolute Gasteiger partial charge is 0.478 e. The molecule has 92 valence electrons. The highest BCUT2D eigenvalue weighted by atomic mass is 16.4. The zero-order valence-electron chi connectivity index (χ0n) is 9.52. The van der Waals surface area contributed by atoms with E-state index in [0.29, 0.717) is 0 Å². The summed E-state index contributed by atoms with van der Waals surface area (Å²) in [6.07, 6.45) is 1.15. The van der Waals surface area contributed by atoms with Crippen LogP contribution in [0.1, 0.15) is 24.2 Å². The summed E-state index contributed by atoms with van der Waals surface area (Å²) in [4.78, 5) is 25.6. The number of nitrogens with two attached hydrogens (primary N) is 2. The standard InChI is InChI=1S/C10H14N4O3/c1-10(2,9(12)17)14-7-6(11)3-5(4-13-7)8(15)16/h3-4H,11H2,1-2H3,(H2,12,17)(H,13,14)(H,15,16). The molecule has 0 aromatic carbocycles. The Balaban J connectivity index is 3.02. The van der Waals surface area contributed by atoms with E-state index >= 15 is 0 Å². The van der Waals surface area contributed by atoms with Crippen LogP contribution in [-0.2, 0) is 4.79 Å². The van der Waals surface area contributed by atoms with Gasteiger partial charge in [-0.05, 0) is 19.9 Å². The molecule has 1 rings (SSSR count). The third-order valence-corrected chi connectivity index (χ3v) is 2.21. The molecule has 0 bridgehead atoms. The van der Waals surface area contributed by atoms with Crippen LogP contribution in [0.3, 0.4) is 0 Å². The maximum absolute atomic E-state index is 11.1. The van der Waals surface area contributed by atoms with Crippen molar-refractivity contribution in [1.82, 2.24) is 4.98 Å². The normalized spacial score (nSPS) is 10.9. The predicted molar refractivity (Wildman–Crippen MR) is 62.5 cm³/mol. The number of nitrogen functional groups attached to an aromatic ring is 1. The Morgan fingerprint density at radius 1 is 1.47 bits per heavy atom. The van der Waals surface area contributed by atoms with Crippen LogP contribution in [0.15, 0.2) is 12.3 Å². The Morgan fingerprint density at radius 2 is 2.06 bits per heavy atom. The molecule has 1 aromatic rings. The van der Waals surface area contributed by atoms with Gasteiger partial charge in [-0.15, -0.1) is 0 Å². The number of carboxylic acid groups (broad SMARTS) is 1. The minimum atomic E-state index is -1.12. The number of aromatic nitrogens is 1. The monoisotopic (exact) mass is 238 g/mol. The summed E-state index contributed by atoms with van der Waals surface area (Å²) in [6, 6.07) is 1.26. The molecule has 0 saturated heterocycles.